The molecule has 1 amide bonds. The Balaban J connectivity index is 2.05. The zero-order valence-corrected chi connectivity index (χ0v) is 16.2. The highest BCUT2D eigenvalue weighted by molar-refractivity contribution is 8.00. The van der Waals surface area contributed by atoms with E-state index in [2.05, 4.69) is 20.0 Å². The first kappa shape index (κ1) is 20.1. The largest absolute Gasteiger partial charge is 0.330 e. The number of aryl methyl sites for hydroxylation is 2. The summed E-state index contributed by atoms with van der Waals surface area (Å²) in [5, 5.41) is 2.70. The van der Waals surface area contributed by atoms with E-state index in [1.165, 1.54) is 36.0 Å². The van der Waals surface area contributed by atoms with Gasteiger partial charge in [-0.05, 0) is 44.2 Å². The van der Waals surface area contributed by atoms with Gasteiger partial charge in [0.1, 0.15) is 0 Å². The second kappa shape index (κ2) is 8.97. The van der Waals surface area contributed by atoms with Gasteiger partial charge >= 0.3 is 0 Å². The third-order valence-electron chi connectivity index (χ3n) is 3.15. The van der Waals surface area contributed by atoms with E-state index in [0.717, 1.165) is 0 Å². The Labute approximate surface area is 157 Å². The Kier molecular flexibility index (Phi) is 6.95. The summed E-state index contributed by atoms with van der Waals surface area (Å²) in [5.74, 6) is 0.859. The molecule has 1 heterocycles. The molecule has 2 rings (SSSR count). The molecule has 0 spiro atoms. The van der Waals surface area contributed by atoms with Crippen molar-refractivity contribution in [3.63, 3.8) is 0 Å². The van der Waals surface area contributed by atoms with Crippen molar-refractivity contribution in [1.82, 2.24) is 9.97 Å². The fourth-order valence-electron chi connectivity index (χ4n) is 2.11. The molecule has 0 aliphatic rings. The van der Waals surface area contributed by atoms with E-state index in [-0.39, 0.29) is 16.8 Å². The lowest BCUT2D eigenvalue weighted by Crippen LogP contribution is -2.17. The molecule has 4 N–H and O–H groups in total. The number of sulfonamides is 1. The Morgan fingerprint density at radius 2 is 1.77 bits per heavy atom. The van der Waals surface area contributed by atoms with Crippen molar-refractivity contribution < 1.29 is 13.2 Å². The molecular formula is C16H21N5O3S2. The van der Waals surface area contributed by atoms with Gasteiger partial charge in [-0.3, -0.25) is 4.79 Å². The van der Waals surface area contributed by atoms with Crippen LogP contribution in [0.4, 0.5) is 11.6 Å². The molecular weight excluding hydrogens is 374 g/mol. The molecule has 2 aromatic rings. The molecule has 0 aliphatic heterocycles. The van der Waals surface area contributed by atoms with Crippen LogP contribution in [0.15, 0.2) is 35.2 Å². The minimum atomic E-state index is -3.82. The SMILES string of the molecule is Cc1cc(C)nc(NS(=O)(=O)c2ccc(NC(=O)CSCCN)cc2)n1. The number of benzene rings is 1. The Morgan fingerprint density at radius 3 is 2.35 bits per heavy atom. The maximum Gasteiger partial charge on any atom is 0.264 e. The number of nitrogens with two attached hydrogens (primary N) is 1. The normalized spacial score (nSPS) is 11.2. The number of carbonyl (C=O) groups is 1. The summed E-state index contributed by atoms with van der Waals surface area (Å²) < 4.78 is 27.2. The highest BCUT2D eigenvalue weighted by atomic mass is 32.2. The minimum Gasteiger partial charge on any atom is -0.330 e. The molecule has 0 unspecified atom stereocenters. The maximum absolute atomic E-state index is 12.4. The first-order valence-electron chi connectivity index (χ1n) is 7.83. The van der Waals surface area contributed by atoms with Crippen molar-refractivity contribution in [3.05, 3.63) is 41.7 Å². The maximum atomic E-state index is 12.4. The molecule has 26 heavy (non-hydrogen) atoms. The summed E-state index contributed by atoms with van der Waals surface area (Å²) in [6, 6.07) is 7.63. The highest BCUT2D eigenvalue weighted by Gasteiger charge is 2.16. The second-order valence-corrected chi connectivity index (χ2v) is 8.28. The van der Waals surface area contributed by atoms with Gasteiger partial charge in [0, 0.05) is 29.4 Å². The number of nitrogens with one attached hydrogen (secondary N) is 2. The standard InChI is InChI=1S/C16H21N5O3S2/c1-11-9-12(2)19-16(18-11)21-26(23,24)14-5-3-13(4-6-14)20-15(22)10-25-8-7-17/h3-6,9H,7-8,10,17H2,1-2H3,(H,20,22)(H,18,19,21). The van der Waals surface area contributed by atoms with Gasteiger partial charge in [-0.25, -0.2) is 23.1 Å². The zero-order chi connectivity index (χ0) is 19.2. The summed E-state index contributed by atoms with van der Waals surface area (Å²) in [5.41, 5.74) is 7.23. The third-order valence-corrected chi connectivity index (χ3v) is 5.49. The van der Waals surface area contributed by atoms with Gasteiger partial charge in [0.05, 0.1) is 10.6 Å². The minimum absolute atomic E-state index is 0.0248. The molecule has 0 radical (unpaired) electrons. The van der Waals surface area contributed by atoms with Gasteiger partial charge in [-0.15, -0.1) is 0 Å². The van der Waals surface area contributed by atoms with Crippen molar-refractivity contribution in [2.45, 2.75) is 18.7 Å². The number of amides is 1. The van der Waals surface area contributed by atoms with Crippen LogP contribution in [0.3, 0.4) is 0 Å². The number of carbonyl (C=O) groups excluding carboxylic acids is 1. The number of hydrogen-bond acceptors (Lipinski definition) is 7. The van der Waals surface area contributed by atoms with Crippen LogP contribution in [0.1, 0.15) is 11.4 Å². The van der Waals surface area contributed by atoms with Crippen LogP contribution in [0.25, 0.3) is 0 Å². The molecule has 1 aromatic heterocycles. The summed E-state index contributed by atoms with van der Waals surface area (Å²) in [7, 11) is -3.82. The predicted octanol–water partition coefficient (Wildman–Crippen LogP) is 1.52. The molecule has 10 heteroatoms. The Hall–Kier alpha value is -2.17. The highest BCUT2D eigenvalue weighted by Crippen LogP contribution is 2.17. The summed E-state index contributed by atoms with van der Waals surface area (Å²) in [6.45, 7) is 4.03. The van der Waals surface area contributed by atoms with Crippen molar-refractivity contribution in [2.24, 2.45) is 5.73 Å². The van der Waals surface area contributed by atoms with E-state index in [1.807, 2.05) is 0 Å². The monoisotopic (exact) mass is 395 g/mol. The van der Waals surface area contributed by atoms with Crippen LogP contribution in [0.5, 0.6) is 0 Å². The number of thioether (sulfide) groups is 1. The van der Waals surface area contributed by atoms with Gasteiger partial charge in [-0.2, -0.15) is 11.8 Å². The Bertz CT molecular complexity index is 850. The molecule has 8 nitrogen and oxygen atoms in total. The van der Waals surface area contributed by atoms with Crippen molar-refractivity contribution >= 4 is 39.3 Å². The smallest absolute Gasteiger partial charge is 0.264 e. The quantitative estimate of drug-likeness (QED) is 0.578. The van der Waals surface area contributed by atoms with Gasteiger partial charge in [-0.1, -0.05) is 0 Å². The van der Waals surface area contributed by atoms with Gasteiger partial charge < -0.3 is 11.1 Å². The number of rotatable bonds is 8. The van der Waals surface area contributed by atoms with Crippen LogP contribution >= 0.6 is 11.8 Å². The second-order valence-electron chi connectivity index (χ2n) is 5.49. The number of anilines is 2. The first-order chi connectivity index (χ1) is 12.3. The fraction of sp³-hybridized carbons (Fsp3) is 0.312. The molecule has 140 valence electrons. The predicted molar refractivity (Wildman–Crippen MR) is 104 cm³/mol. The lowest BCUT2D eigenvalue weighted by Gasteiger charge is -2.09. The lowest BCUT2D eigenvalue weighted by atomic mass is 10.3. The van der Waals surface area contributed by atoms with Crippen LogP contribution in [0.2, 0.25) is 0 Å². The number of aromatic nitrogens is 2. The number of hydrogen-bond donors (Lipinski definition) is 3. The number of nitrogens with zero attached hydrogens (tertiary/aromatic N) is 2. The van der Waals surface area contributed by atoms with Gasteiger partial charge in [0.2, 0.25) is 11.9 Å². The zero-order valence-electron chi connectivity index (χ0n) is 14.5. The fourth-order valence-corrected chi connectivity index (χ4v) is 3.63. The summed E-state index contributed by atoms with van der Waals surface area (Å²) in [4.78, 5) is 19.9. The molecule has 1 aromatic carbocycles. The Morgan fingerprint density at radius 1 is 1.15 bits per heavy atom. The van der Waals surface area contributed by atoms with Gasteiger partial charge in [0.25, 0.3) is 10.0 Å². The molecule has 0 saturated carbocycles. The van der Waals surface area contributed by atoms with Crippen LogP contribution in [-0.4, -0.2) is 42.3 Å². The van der Waals surface area contributed by atoms with E-state index in [9.17, 15) is 13.2 Å². The van der Waals surface area contributed by atoms with Crippen LogP contribution < -0.4 is 15.8 Å². The van der Waals surface area contributed by atoms with E-state index in [4.69, 9.17) is 5.73 Å². The summed E-state index contributed by atoms with van der Waals surface area (Å²) >= 11 is 1.43. The molecule has 0 atom stereocenters. The molecule has 0 saturated heterocycles. The first-order valence-corrected chi connectivity index (χ1v) is 10.5. The third kappa shape index (κ3) is 5.97. The average molecular weight is 396 g/mol. The van der Waals surface area contributed by atoms with E-state index < -0.39 is 10.0 Å². The van der Waals surface area contributed by atoms with Crippen molar-refractivity contribution in [3.8, 4) is 0 Å². The van der Waals surface area contributed by atoms with Crippen molar-refractivity contribution in [2.75, 3.05) is 28.1 Å². The van der Waals surface area contributed by atoms with Crippen LogP contribution in [-0.2, 0) is 14.8 Å². The van der Waals surface area contributed by atoms with E-state index in [0.29, 0.717) is 35.1 Å². The molecule has 0 aliphatic carbocycles. The topological polar surface area (TPSA) is 127 Å². The average Bonchev–Trinajstić information content (AvgIpc) is 2.54. The molecule has 0 bridgehead atoms. The summed E-state index contributed by atoms with van der Waals surface area (Å²) in [6.07, 6.45) is 0. The molecule has 0 fully saturated rings. The van der Waals surface area contributed by atoms with Crippen molar-refractivity contribution in [1.29, 1.82) is 0 Å². The van der Waals surface area contributed by atoms with E-state index >= 15 is 0 Å². The van der Waals surface area contributed by atoms with Gasteiger partial charge in [0.15, 0.2) is 0 Å². The lowest BCUT2D eigenvalue weighted by molar-refractivity contribution is -0.113. The van der Waals surface area contributed by atoms with Crippen LogP contribution in [0, 0.1) is 13.8 Å². The van der Waals surface area contributed by atoms with E-state index in [1.54, 1.807) is 19.9 Å².